The Balaban J connectivity index is 1.89. The molecule has 2 aromatic carbocycles. The van der Waals surface area contributed by atoms with E-state index < -0.39 is 0 Å². The number of carbonyl (C=O) groups is 1. The molecule has 2 heteroatoms. The summed E-state index contributed by atoms with van der Waals surface area (Å²) in [5.41, 5.74) is 2.81. The molecule has 19 heavy (non-hydrogen) atoms. The maximum atomic E-state index is 12.0. The lowest BCUT2D eigenvalue weighted by molar-refractivity contribution is 0.104. The van der Waals surface area contributed by atoms with Gasteiger partial charge in [-0.1, -0.05) is 48.5 Å². The number of hydrogen-bond acceptors (Lipinski definition) is 1. The van der Waals surface area contributed by atoms with Gasteiger partial charge in [-0.05, 0) is 23.8 Å². The summed E-state index contributed by atoms with van der Waals surface area (Å²) in [7, 11) is 0. The summed E-state index contributed by atoms with van der Waals surface area (Å²) in [5.74, 6) is 0.0193. The number of benzene rings is 2. The van der Waals surface area contributed by atoms with Gasteiger partial charge in [-0.2, -0.15) is 0 Å². The number of nitrogens with one attached hydrogen (secondary N) is 1. The Morgan fingerprint density at radius 1 is 0.947 bits per heavy atom. The summed E-state index contributed by atoms with van der Waals surface area (Å²) in [4.78, 5) is 15.2. The standard InChI is InChI=1S/C17H13NO/c19-17(13-6-2-1-3-7-13)11-10-14-12-18-16-9-5-4-8-15(14)16/h1-12,18H. The highest BCUT2D eigenvalue weighted by atomic mass is 16.1. The molecule has 92 valence electrons. The van der Waals surface area contributed by atoms with E-state index in [-0.39, 0.29) is 5.78 Å². The van der Waals surface area contributed by atoms with Crippen molar-refractivity contribution in [2.24, 2.45) is 0 Å². The van der Waals surface area contributed by atoms with Crippen LogP contribution < -0.4 is 0 Å². The van der Waals surface area contributed by atoms with Crippen LogP contribution in [0.3, 0.4) is 0 Å². The van der Waals surface area contributed by atoms with Crippen LogP contribution in [0.5, 0.6) is 0 Å². The highest BCUT2D eigenvalue weighted by Crippen LogP contribution is 2.19. The topological polar surface area (TPSA) is 32.9 Å². The minimum Gasteiger partial charge on any atom is -0.361 e. The average Bonchev–Trinajstić information content (AvgIpc) is 2.89. The molecule has 0 aliphatic heterocycles. The number of carbonyl (C=O) groups excluding carboxylic acids is 1. The Hall–Kier alpha value is -2.61. The summed E-state index contributed by atoms with van der Waals surface area (Å²) in [6.07, 6.45) is 5.39. The van der Waals surface area contributed by atoms with Crippen molar-refractivity contribution in [1.29, 1.82) is 0 Å². The van der Waals surface area contributed by atoms with Crippen molar-refractivity contribution in [2.45, 2.75) is 0 Å². The van der Waals surface area contributed by atoms with Gasteiger partial charge in [0.1, 0.15) is 0 Å². The van der Waals surface area contributed by atoms with Crippen LogP contribution >= 0.6 is 0 Å². The van der Waals surface area contributed by atoms with Crippen LogP contribution in [0.1, 0.15) is 15.9 Å². The fourth-order valence-electron chi connectivity index (χ4n) is 2.10. The number of H-pyrrole nitrogens is 1. The van der Waals surface area contributed by atoms with Crippen molar-refractivity contribution in [1.82, 2.24) is 4.98 Å². The van der Waals surface area contributed by atoms with Gasteiger partial charge in [0.05, 0.1) is 0 Å². The first-order valence-corrected chi connectivity index (χ1v) is 6.18. The number of aromatic nitrogens is 1. The Labute approximate surface area is 111 Å². The summed E-state index contributed by atoms with van der Waals surface area (Å²) in [5, 5.41) is 1.12. The van der Waals surface area contributed by atoms with Crippen LogP contribution in [-0.4, -0.2) is 10.8 Å². The molecule has 0 saturated carbocycles. The first kappa shape index (κ1) is 11.5. The van der Waals surface area contributed by atoms with Crippen LogP contribution in [0.4, 0.5) is 0 Å². The highest BCUT2D eigenvalue weighted by Gasteiger charge is 2.02. The largest absolute Gasteiger partial charge is 0.361 e. The van der Waals surface area contributed by atoms with Crippen molar-refractivity contribution in [2.75, 3.05) is 0 Å². The lowest BCUT2D eigenvalue weighted by Gasteiger charge is -1.94. The summed E-state index contributed by atoms with van der Waals surface area (Å²) in [6.45, 7) is 0. The maximum Gasteiger partial charge on any atom is 0.185 e. The summed E-state index contributed by atoms with van der Waals surface area (Å²) >= 11 is 0. The molecule has 3 aromatic rings. The molecule has 0 bridgehead atoms. The molecule has 0 fully saturated rings. The van der Waals surface area contributed by atoms with Gasteiger partial charge in [0, 0.05) is 22.7 Å². The van der Waals surface area contributed by atoms with Gasteiger partial charge in [-0.15, -0.1) is 0 Å². The molecule has 0 radical (unpaired) electrons. The van der Waals surface area contributed by atoms with Crippen LogP contribution in [0.25, 0.3) is 17.0 Å². The van der Waals surface area contributed by atoms with Gasteiger partial charge in [-0.25, -0.2) is 0 Å². The zero-order chi connectivity index (χ0) is 13.1. The molecule has 0 amide bonds. The van der Waals surface area contributed by atoms with Gasteiger partial charge >= 0.3 is 0 Å². The summed E-state index contributed by atoms with van der Waals surface area (Å²) < 4.78 is 0. The molecule has 1 N–H and O–H groups in total. The van der Waals surface area contributed by atoms with E-state index in [1.54, 1.807) is 6.08 Å². The SMILES string of the molecule is O=C(C=Cc1c[nH]c2ccccc12)c1ccccc1. The Morgan fingerprint density at radius 2 is 1.68 bits per heavy atom. The number of aromatic amines is 1. The number of allylic oxidation sites excluding steroid dienone is 1. The average molecular weight is 247 g/mol. The van der Waals surface area contributed by atoms with Crippen LogP contribution in [0.15, 0.2) is 66.9 Å². The number of fused-ring (bicyclic) bond motifs is 1. The number of hydrogen-bond donors (Lipinski definition) is 1. The lowest BCUT2D eigenvalue weighted by Crippen LogP contribution is -1.92. The normalized spacial score (nSPS) is 11.2. The second-order valence-electron chi connectivity index (χ2n) is 4.35. The Kier molecular flexibility index (Phi) is 2.99. The van der Waals surface area contributed by atoms with Crippen LogP contribution in [0, 0.1) is 0 Å². The molecule has 3 rings (SSSR count). The first-order valence-electron chi connectivity index (χ1n) is 6.18. The molecule has 0 spiro atoms. The summed E-state index contributed by atoms with van der Waals surface area (Å²) in [6, 6.07) is 17.3. The third kappa shape index (κ3) is 2.33. The second-order valence-corrected chi connectivity index (χ2v) is 4.35. The Bertz CT molecular complexity index is 738. The predicted molar refractivity (Wildman–Crippen MR) is 78.1 cm³/mol. The molecule has 2 nitrogen and oxygen atoms in total. The molecule has 0 aliphatic carbocycles. The van der Waals surface area contributed by atoms with E-state index in [2.05, 4.69) is 4.98 Å². The zero-order valence-corrected chi connectivity index (χ0v) is 10.3. The first-order chi connectivity index (χ1) is 9.34. The quantitative estimate of drug-likeness (QED) is 0.549. The third-order valence-corrected chi connectivity index (χ3v) is 3.09. The monoisotopic (exact) mass is 247 g/mol. The molecule has 0 atom stereocenters. The Morgan fingerprint density at radius 3 is 2.53 bits per heavy atom. The van der Waals surface area contributed by atoms with Crippen LogP contribution in [0.2, 0.25) is 0 Å². The molecule has 1 aromatic heterocycles. The van der Waals surface area contributed by atoms with Crippen molar-refractivity contribution in [3.63, 3.8) is 0 Å². The van der Waals surface area contributed by atoms with Crippen molar-refractivity contribution < 1.29 is 4.79 Å². The van der Waals surface area contributed by atoms with Gasteiger partial charge in [-0.3, -0.25) is 4.79 Å². The highest BCUT2D eigenvalue weighted by molar-refractivity contribution is 6.07. The van der Waals surface area contributed by atoms with E-state index >= 15 is 0 Å². The van der Waals surface area contributed by atoms with Gasteiger partial charge < -0.3 is 4.98 Å². The fraction of sp³-hybridized carbons (Fsp3) is 0. The smallest absolute Gasteiger partial charge is 0.185 e. The number of para-hydroxylation sites is 1. The van der Waals surface area contributed by atoms with E-state index in [0.29, 0.717) is 5.56 Å². The molecule has 0 unspecified atom stereocenters. The minimum absolute atomic E-state index is 0.0193. The zero-order valence-electron chi connectivity index (χ0n) is 10.3. The molecule has 0 saturated heterocycles. The lowest BCUT2D eigenvalue weighted by atomic mass is 10.1. The van der Waals surface area contributed by atoms with Gasteiger partial charge in [0.15, 0.2) is 5.78 Å². The van der Waals surface area contributed by atoms with Crippen molar-refractivity contribution in [3.05, 3.63) is 78.0 Å². The van der Waals surface area contributed by atoms with E-state index in [4.69, 9.17) is 0 Å². The van der Waals surface area contributed by atoms with Crippen molar-refractivity contribution in [3.8, 4) is 0 Å². The predicted octanol–water partition coefficient (Wildman–Crippen LogP) is 4.06. The molecule has 1 heterocycles. The van der Waals surface area contributed by atoms with E-state index in [9.17, 15) is 4.79 Å². The van der Waals surface area contributed by atoms with Gasteiger partial charge in [0.2, 0.25) is 0 Å². The molecule has 0 aliphatic rings. The molecular weight excluding hydrogens is 234 g/mol. The van der Waals surface area contributed by atoms with E-state index in [1.165, 1.54) is 0 Å². The van der Waals surface area contributed by atoms with Crippen LogP contribution in [-0.2, 0) is 0 Å². The number of rotatable bonds is 3. The minimum atomic E-state index is 0.0193. The fourth-order valence-corrected chi connectivity index (χ4v) is 2.10. The van der Waals surface area contributed by atoms with Gasteiger partial charge in [0.25, 0.3) is 0 Å². The van der Waals surface area contributed by atoms with E-state index in [1.807, 2.05) is 66.9 Å². The van der Waals surface area contributed by atoms with Crippen molar-refractivity contribution >= 4 is 22.8 Å². The third-order valence-electron chi connectivity index (χ3n) is 3.09. The second kappa shape index (κ2) is 4.94. The maximum absolute atomic E-state index is 12.0. The van der Waals surface area contributed by atoms with E-state index in [0.717, 1.165) is 16.5 Å². The molecular formula is C17H13NO. The number of ketones is 1.